The molecule has 38 heavy (non-hydrogen) atoms. The van der Waals surface area contributed by atoms with Gasteiger partial charge in [0.05, 0.1) is 38.0 Å². The number of benzene rings is 2. The largest absolute Gasteiger partial charge is 0.503 e. The molecule has 1 N–H and O–H groups in total. The van der Waals surface area contributed by atoms with Gasteiger partial charge in [-0.05, 0) is 49.6 Å². The minimum absolute atomic E-state index is 0.0696. The van der Waals surface area contributed by atoms with Gasteiger partial charge in [-0.3, -0.25) is 14.5 Å². The Kier molecular flexibility index (Phi) is 9.56. The van der Waals surface area contributed by atoms with E-state index in [2.05, 4.69) is 4.90 Å². The van der Waals surface area contributed by atoms with Gasteiger partial charge in [-0.1, -0.05) is 42.5 Å². The highest BCUT2D eigenvalue weighted by Crippen LogP contribution is 2.41. The van der Waals surface area contributed by atoms with E-state index in [1.54, 1.807) is 23.1 Å². The van der Waals surface area contributed by atoms with E-state index < -0.39 is 23.5 Å². The third-order valence-corrected chi connectivity index (χ3v) is 6.66. The highest BCUT2D eigenvalue weighted by molar-refractivity contribution is 6.14. The lowest BCUT2D eigenvalue weighted by atomic mass is 9.95. The molecule has 2 aromatic carbocycles. The molecule has 0 saturated carbocycles. The smallest absolute Gasteiger partial charge is 0.290 e. The van der Waals surface area contributed by atoms with Gasteiger partial charge in [-0.25, -0.2) is 0 Å². The molecular formula is C30H36N2O6. The second kappa shape index (κ2) is 13.3. The Morgan fingerprint density at radius 3 is 2.45 bits per heavy atom. The third kappa shape index (κ3) is 6.44. The van der Waals surface area contributed by atoms with Crippen molar-refractivity contribution in [2.24, 2.45) is 0 Å². The lowest BCUT2D eigenvalue weighted by Gasteiger charge is -2.30. The Labute approximate surface area is 224 Å². The summed E-state index contributed by atoms with van der Waals surface area (Å²) in [5.74, 6) is -0.333. The zero-order chi connectivity index (χ0) is 26.9. The van der Waals surface area contributed by atoms with Gasteiger partial charge in [0.15, 0.2) is 23.0 Å². The topological polar surface area (TPSA) is 88.5 Å². The quantitative estimate of drug-likeness (QED) is 0.420. The fourth-order valence-corrected chi connectivity index (χ4v) is 4.84. The number of ether oxygens (including phenoxy) is 3. The first-order valence-electron chi connectivity index (χ1n) is 13.2. The van der Waals surface area contributed by atoms with Crippen molar-refractivity contribution in [3.8, 4) is 11.5 Å². The van der Waals surface area contributed by atoms with Crippen molar-refractivity contribution in [3.05, 3.63) is 77.1 Å². The molecule has 4 rings (SSSR count). The van der Waals surface area contributed by atoms with E-state index in [1.165, 1.54) is 6.08 Å². The molecule has 0 radical (unpaired) electrons. The van der Waals surface area contributed by atoms with Gasteiger partial charge >= 0.3 is 0 Å². The lowest BCUT2D eigenvalue weighted by Crippen LogP contribution is -2.39. The second-order valence-electron chi connectivity index (χ2n) is 9.15. The molecule has 202 valence electrons. The molecule has 2 aromatic rings. The highest BCUT2D eigenvalue weighted by atomic mass is 16.5. The second-order valence-corrected chi connectivity index (χ2v) is 9.15. The zero-order valence-electron chi connectivity index (χ0n) is 22.1. The SMILES string of the molecule is CCOc1ccc([C@@H]2C(C(=O)/C=C/c3ccccc3)=C(O)C(=O)N2CCCN2CCOCC2)cc1OCC. The van der Waals surface area contributed by atoms with Gasteiger partial charge in [0, 0.05) is 26.2 Å². The molecule has 1 fully saturated rings. The number of hydrogen-bond acceptors (Lipinski definition) is 7. The highest BCUT2D eigenvalue weighted by Gasteiger charge is 2.43. The Morgan fingerprint density at radius 2 is 1.74 bits per heavy atom. The van der Waals surface area contributed by atoms with Gasteiger partial charge in [-0.2, -0.15) is 0 Å². The maximum atomic E-state index is 13.4. The van der Waals surface area contributed by atoms with Crippen LogP contribution in [0.25, 0.3) is 6.08 Å². The Hall–Kier alpha value is -3.62. The van der Waals surface area contributed by atoms with Crippen LogP contribution in [0.1, 0.15) is 37.4 Å². The van der Waals surface area contributed by atoms with E-state index in [-0.39, 0.29) is 5.57 Å². The first-order chi connectivity index (χ1) is 18.5. The fraction of sp³-hybridized carbons (Fsp3) is 0.400. The maximum absolute atomic E-state index is 13.4. The molecule has 0 aromatic heterocycles. The summed E-state index contributed by atoms with van der Waals surface area (Å²) in [7, 11) is 0. The molecule has 2 aliphatic rings. The van der Waals surface area contributed by atoms with Gasteiger partial charge in [0.2, 0.25) is 0 Å². The summed E-state index contributed by atoms with van der Waals surface area (Å²) in [5.41, 5.74) is 1.60. The normalized spacial score (nSPS) is 18.4. The van der Waals surface area contributed by atoms with Crippen molar-refractivity contribution in [2.75, 3.05) is 52.6 Å². The summed E-state index contributed by atoms with van der Waals surface area (Å²) in [6.45, 7) is 8.98. The number of nitrogens with zero attached hydrogens (tertiary/aromatic N) is 2. The van der Waals surface area contributed by atoms with Crippen LogP contribution < -0.4 is 9.47 Å². The van der Waals surface area contributed by atoms with Gasteiger partial charge < -0.3 is 24.2 Å². The van der Waals surface area contributed by atoms with Crippen LogP contribution >= 0.6 is 0 Å². The molecule has 1 saturated heterocycles. The first kappa shape index (κ1) is 27.4. The number of aliphatic hydroxyl groups is 1. The summed E-state index contributed by atoms with van der Waals surface area (Å²) in [6.07, 6.45) is 3.80. The number of rotatable bonds is 12. The third-order valence-electron chi connectivity index (χ3n) is 6.66. The number of ketones is 1. The molecular weight excluding hydrogens is 484 g/mol. The van der Waals surface area contributed by atoms with Gasteiger partial charge in [0.1, 0.15) is 0 Å². The van der Waals surface area contributed by atoms with E-state index in [9.17, 15) is 14.7 Å². The summed E-state index contributed by atoms with van der Waals surface area (Å²) < 4.78 is 17.0. The van der Waals surface area contributed by atoms with Gasteiger partial charge in [0.25, 0.3) is 5.91 Å². The van der Waals surface area contributed by atoms with Crippen molar-refractivity contribution in [1.29, 1.82) is 0 Å². The number of hydrogen-bond donors (Lipinski definition) is 1. The standard InChI is InChI=1S/C30H36N2O6/c1-3-37-25-14-12-23(21-26(25)38-4-2)28-27(24(33)13-11-22-9-6-5-7-10-22)29(34)30(35)32(28)16-8-15-31-17-19-36-20-18-31/h5-7,9-14,21,28,34H,3-4,8,15-20H2,1-2H3/b13-11+/t28-/m1/s1. The molecule has 8 nitrogen and oxygen atoms in total. The number of carbonyl (C=O) groups excluding carboxylic acids is 2. The summed E-state index contributed by atoms with van der Waals surface area (Å²) in [4.78, 5) is 30.6. The molecule has 1 amide bonds. The van der Waals surface area contributed by atoms with Crippen LogP contribution in [0, 0.1) is 0 Å². The monoisotopic (exact) mass is 520 g/mol. The number of amides is 1. The van der Waals surface area contributed by atoms with Gasteiger partial charge in [-0.15, -0.1) is 0 Å². The van der Waals surface area contributed by atoms with E-state index in [0.29, 0.717) is 56.5 Å². The van der Waals surface area contributed by atoms with Crippen molar-refractivity contribution in [1.82, 2.24) is 9.80 Å². The van der Waals surface area contributed by atoms with Crippen molar-refractivity contribution in [2.45, 2.75) is 26.3 Å². The van der Waals surface area contributed by atoms with Crippen LogP contribution in [0.15, 0.2) is 65.9 Å². The number of carbonyl (C=O) groups is 2. The fourth-order valence-electron chi connectivity index (χ4n) is 4.84. The number of allylic oxidation sites excluding steroid dienone is 1. The molecule has 0 unspecified atom stereocenters. The Morgan fingerprint density at radius 1 is 1.03 bits per heavy atom. The number of morpholine rings is 1. The van der Waals surface area contributed by atoms with Crippen molar-refractivity contribution < 1.29 is 28.9 Å². The van der Waals surface area contributed by atoms with Crippen LogP contribution in [0.2, 0.25) is 0 Å². The van der Waals surface area contributed by atoms with Crippen LogP contribution in [0.3, 0.4) is 0 Å². The van der Waals surface area contributed by atoms with E-state index in [4.69, 9.17) is 14.2 Å². The predicted octanol–water partition coefficient (Wildman–Crippen LogP) is 4.18. The van der Waals surface area contributed by atoms with Crippen LogP contribution in [-0.4, -0.2) is 79.2 Å². The van der Waals surface area contributed by atoms with Crippen molar-refractivity contribution in [3.63, 3.8) is 0 Å². The minimum atomic E-state index is -0.741. The predicted molar refractivity (Wildman–Crippen MR) is 145 cm³/mol. The molecule has 2 heterocycles. The Bertz CT molecular complexity index is 1170. The van der Waals surface area contributed by atoms with Crippen molar-refractivity contribution >= 4 is 17.8 Å². The van der Waals surface area contributed by atoms with E-state index in [1.807, 2.05) is 50.2 Å². The summed E-state index contributed by atoms with van der Waals surface area (Å²) >= 11 is 0. The maximum Gasteiger partial charge on any atom is 0.290 e. The van der Waals surface area contributed by atoms with E-state index in [0.717, 1.165) is 25.2 Å². The summed E-state index contributed by atoms with van der Waals surface area (Å²) in [6, 6.07) is 14.1. The zero-order valence-corrected chi connectivity index (χ0v) is 22.1. The molecule has 8 heteroatoms. The molecule has 2 aliphatic heterocycles. The number of aliphatic hydroxyl groups excluding tert-OH is 1. The van der Waals surface area contributed by atoms with Crippen LogP contribution in [0.5, 0.6) is 11.5 Å². The Balaban J connectivity index is 1.64. The van der Waals surface area contributed by atoms with Crippen LogP contribution in [-0.2, 0) is 14.3 Å². The average Bonchev–Trinajstić information content (AvgIpc) is 3.19. The first-order valence-corrected chi connectivity index (χ1v) is 13.2. The summed E-state index contributed by atoms with van der Waals surface area (Å²) in [5, 5.41) is 10.9. The molecule has 0 aliphatic carbocycles. The van der Waals surface area contributed by atoms with Crippen LogP contribution in [0.4, 0.5) is 0 Å². The lowest BCUT2D eigenvalue weighted by molar-refractivity contribution is -0.129. The molecule has 0 spiro atoms. The minimum Gasteiger partial charge on any atom is -0.503 e. The molecule has 0 bridgehead atoms. The van der Waals surface area contributed by atoms with E-state index >= 15 is 0 Å². The average molecular weight is 521 g/mol. The molecule has 1 atom stereocenters.